The van der Waals surface area contributed by atoms with E-state index in [9.17, 15) is 18.0 Å². The van der Waals surface area contributed by atoms with Crippen LogP contribution in [0.3, 0.4) is 0 Å². The fraction of sp³-hybridized carbons (Fsp3) is 0.364. The minimum absolute atomic E-state index is 0.0992. The molecule has 6 nitrogen and oxygen atoms in total. The molecule has 2 aromatic rings. The van der Waals surface area contributed by atoms with Gasteiger partial charge in [-0.05, 0) is 56.5 Å². The summed E-state index contributed by atoms with van der Waals surface area (Å²) in [6.07, 6.45) is 0.609. The average molecular weight is 447 g/mol. The molecule has 0 unspecified atom stereocenters. The van der Waals surface area contributed by atoms with E-state index < -0.39 is 15.1 Å². The van der Waals surface area contributed by atoms with Crippen molar-refractivity contribution in [3.63, 3.8) is 0 Å². The van der Waals surface area contributed by atoms with E-state index >= 15 is 0 Å². The van der Waals surface area contributed by atoms with Gasteiger partial charge in [0.1, 0.15) is 0 Å². The lowest BCUT2D eigenvalue weighted by atomic mass is 10.1. The maximum absolute atomic E-state index is 13.0. The molecule has 0 fully saturated rings. The number of hydrogen-bond donors (Lipinski definition) is 2. The van der Waals surface area contributed by atoms with Crippen LogP contribution in [-0.4, -0.2) is 30.7 Å². The highest BCUT2D eigenvalue weighted by Crippen LogP contribution is 2.37. The highest BCUT2D eigenvalue weighted by molar-refractivity contribution is 8.01. The van der Waals surface area contributed by atoms with Gasteiger partial charge in [0.25, 0.3) is 0 Å². The van der Waals surface area contributed by atoms with E-state index in [1.165, 1.54) is 30.8 Å². The number of amides is 2. The first-order valence-corrected chi connectivity index (χ1v) is 12.3. The number of nitrogens with one attached hydrogen (secondary N) is 2. The molecule has 0 saturated carbocycles. The van der Waals surface area contributed by atoms with E-state index in [0.717, 1.165) is 28.1 Å². The zero-order chi connectivity index (χ0) is 22.1. The maximum Gasteiger partial charge on any atom is 0.237 e. The first-order valence-electron chi connectivity index (χ1n) is 9.87. The topological polar surface area (TPSA) is 92.3 Å². The van der Waals surface area contributed by atoms with Crippen LogP contribution in [0.1, 0.15) is 38.3 Å². The number of sulfone groups is 1. The van der Waals surface area contributed by atoms with Gasteiger partial charge >= 0.3 is 0 Å². The van der Waals surface area contributed by atoms with Gasteiger partial charge in [0.15, 0.2) is 9.84 Å². The zero-order valence-corrected chi connectivity index (χ0v) is 19.1. The molecule has 2 amide bonds. The first kappa shape index (κ1) is 22.4. The number of para-hydroxylation sites is 1. The number of hydrogen-bond acceptors (Lipinski definition) is 5. The molecule has 1 aliphatic heterocycles. The summed E-state index contributed by atoms with van der Waals surface area (Å²) < 4.78 is 26.1. The molecule has 2 aromatic carbocycles. The Bertz CT molecular complexity index is 1100. The summed E-state index contributed by atoms with van der Waals surface area (Å²) in [6.45, 7) is 7.25. The summed E-state index contributed by atoms with van der Waals surface area (Å²) in [5.74, 6) is -0.495. The predicted octanol–water partition coefficient (Wildman–Crippen LogP) is 4.18. The van der Waals surface area contributed by atoms with Crippen molar-refractivity contribution >= 4 is 44.8 Å². The first-order chi connectivity index (χ1) is 14.1. The van der Waals surface area contributed by atoms with E-state index in [1.807, 2.05) is 32.0 Å². The van der Waals surface area contributed by atoms with Crippen molar-refractivity contribution in [3.8, 4) is 0 Å². The molecule has 30 heavy (non-hydrogen) atoms. The van der Waals surface area contributed by atoms with Crippen LogP contribution in [-0.2, 0) is 25.8 Å². The largest absolute Gasteiger partial charge is 0.326 e. The standard InChI is InChI=1S/C22H26N2O4S2/c1-5-16-8-6-7-13(2)21(16)24-20(25)11-14(3)30(27,28)17-9-10-19-18(12-17)23-22(26)15(4)29-19/h6-10,12,14-15H,5,11H2,1-4H3,(H,23,26)(H,24,25)/t14-,15+/m1/s1. The zero-order valence-electron chi connectivity index (χ0n) is 17.5. The third kappa shape index (κ3) is 4.54. The molecule has 0 aliphatic carbocycles. The number of benzene rings is 2. The summed E-state index contributed by atoms with van der Waals surface area (Å²) in [5.41, 5.74) is 3.19. The van der Waals surface area contributed by atoms with Crippen molar-refractivity contribution in [1.82, 2.24) is 0 Å². The van der Waals surface area contributed by atoms with Gasteiger partial charge in [0.2, 0.25) is 11.8 Å². The fourth-order valence-electron chi connectivity index (χ4n) is 3.36. The predicted molar refractivity (Wildman–Crippen MR) is 121 cm³/mol. The third-order valence-corrected chi connectivity index (χ3v) is 8.53. The molecule has 2 N–H and O–H groups in total. The van der Waals surface area contributed by atoms with Gasteiger partial charge in [-0.3, -0.25) is 9.59 Å². The van der Waals surface area contributed by atoms with Crippen LogP contribution in [0.4, 0.5) is 11.4 Å². The minimum atomic E-state index is -3.74. The third-order valence-electron chi connectivity index (χ3n) is 5.22. The van der Waals surface area contributed by atoms with E-state index in [2.05, 4.69) is 10.6 Å². The van der Waals surface area contributed by atoms with Gasteiger partial charge in [-0.1, -0.05) is 25.1 Å². The molecule has 0 spiro atoms. The van der Waals surface area contributed by atoms with Gasteiger partial charge < -0.3 is 10.6 Å². The normalized spacial score (nSPS) is 17.1. The quantitative estimate of drug-likeness (QED) is 0.694. The second kappa shape index (κ2) is 8.81. The molecule has 3 rings (SSSR count). The van der Waals surface area contributed by atoms with Crippen molar-refractivity contribution in [2.75, 3.05) is 10.6 Å². The Morgan fingerprint density at radius 3 is 2.70 bits per heavy atom. The Hall–Kier alpha value is -2.32. The summed E-state index contributed by atoms with van der Waals surface area (Å²) in [7, 11) is -3.74. The highest BCUT2D eigenvalue weighted by atomic mass is 32.2. The monoisotopic (exact) mass is 446 g/mol. The van der Waals surface area contributed by atoms with Gasteiger partial charge in [-0.2, -0.15) is 0 Å². The average Bonchev–Trinajstić information content (AvgIpc) is 2.69. The van der Waals surface area contributed by atoms with Crippen LogP contribution in [0.2, 0.25) is 0 Å². The van der Waals surface area contributed by atoms with Crippen LogP contribution in [0, 0.1) is 6.92 Å². The summed E-state index contributed by atoms with van der Waals surface area (Å²) in [4.78, 5) is 25.4. The summed E-state index contributed by atoms with van der Waals surface area (Å²) in [6, 6.07) is 10.5. The second-order valence-corrected chi connectivity index (χ2v) is 11.2. The van der Waals surface area contributed by atoms with Crippen LogP contribution in [0.15, 0.2) is 46.2 Å². The molecule has 160 valence electrons. The molecule has 0 bridgehead atoms. The molecular formula is C22H26N2O4S2. The van der Waals surface area contributed by atoms with Crippen LogP contribution >= 0.6 is 11.8 Å². The smallest absolute Gasteiger partial charge is 0.237 e. The van der Waals surface area contributed by atoms with Gasteiger partial charge in [-0.25, -0.2) is 8.42 Å². The lowest BCUT2D eigenvalue weighted by Gasteiger charge is -2.22. The Kier molecular flexibility index (Phi) is 6.57. The number of rotatable bonds is 6. The minimum Gasteiger partial charge on any atom is -0.326 e. The molecule has 0 aromatic heterocycles. The Morgan fingerprint density at radius 1 is 1.27 bits per heavy atom. The fourth-order valence-corrected chi connectivity index (χ4v) is 5.67. The van der Waals surface area contributed by atoms with E-state index in [-0.39, 0.29) is 28.4 Å². The van der Waals surface area contributed by atoms with Crippen LogP contribution in [0.25, 0.3) is 0 Å². The Labute approximate surface area is 181 Å². The van der Waals surface area contributed by atoms with Crippen LogP contribution in [0.5, 0.6) is 0 Å². The Balaban J connectivity index is 1.77. The number of carbonyl (C=O) groups excluding carboxylic acids is 2. The number of aryl methyl sites for hydroxylation is 2. The number of fused-ring (bicyclic) bond motifs is 1. The molecule has 1 aliphatic rings. The number of thioether (sulfide) groups is 1. The van der Waals surface area contributed by atoms with Gasteiger partial charge in [0.05, 0.1) is 21.1 Å². The van der Waals surface area contributed by atoms with Crippen molar-refractivity contribution in [3.05, 3.63) is 47.5 Å². The van der Waals surface area contributed by atoms with Gasteiger partial charge in [-0.15, -0.1) is 11.8 Å². The molecule has 0 radical (unpaired) electrons. The molecule has 0 saturated heterocycles. The van der Waals surface area contributed by atoms with Crippen molar-refractivity contribution in [2.45, 2.75) is 60.8 Å². The SMILES string of the molecule is CCc1cccc(C)c1NC(=O)C[C@@H](C)S(=O)(=O)c1ccc2c(c1)NC(=O)[C@H](C)S2. The Morgan fingerprint density at radius 2 is 2.00 bits per heavy atom. The lowest BCUT2D eigenvalue weighted by Crippen LogP contribution is -2.28. The van der Waals surface area contributed by atoms with Crippen molar-refractivity contribution < 1.29 is 18.0 Å². The maximum atomic E-state index is 13.0. The summed E-state index contributed by atoms with van der Waals surface area (Å²) in [5, 5.41) is 4.50. The molecular weight excluding hydrogens is 420 g/mol. The summed E-state index contributed by atoms with van der Waals surface area (Å²) >= 11 is 1.39. The van der Waals surface area contributed by atoms with Crippen molar-refractivity contribution in [1.29, 1.82) is 0 Å². The second-order valence-electron chi connectivity index (χ2n) is 7.48. The number of carbonyl (C=O) groups is 2. The van der Waals surface area contributed by atoms with E-state index in [4.69, 9.17) is 0 Å². The molecule has 8 heteroatoms. The number of anilines is 2. The van der Waals surface area contributed by atoms with E-state index in [0.29, 0.717) is 5.69 Å². The highest BCUT2D eigenvalue weighted by Gasteiger charge is 2.29. The molecule has 1 heterocycles. The molecule has 2 atom stereocenters. The van der Waals surface area contributed by atoms with Crippen molar-refractivity contribution in [2.24, 2.45) is 0 Å². The van der Waals surface area contributed by atoms with Gasteiger partial charge in [0, 0.05) is 17.0 Å². The van der Waals surface area contributed by atoms with E-state index in [1.54, 1.807) is 13.0 Å². The van der Waals surface area contributed by atoms with Crippen LogP contribution < -0.4 is 10.6 Å². The lowest BCUT2D eigenvalue weighted by molar-refractivity contribution is -0.116.